The molecule has 8 heteroatoms. The summed E-state index contributed by atoms with van der Waals surface area (Å²) in [6, 6.07) is 14.6. The maximum atomic E-state index is 13.7. The van der Waals surface area contributed by atoms with Gasteiger partial charge in [0.2, 0.25) is 0 Å². The average molecular weight is 548 g/mol. The molecule has 3 aromatic rings. The van der Waals surface area contributed by atoms with Crippen molar-refractivity contribution in [1.82, 2.24) is 14.5 Å². The number of nitrogens with zero attached hydrogens (tertiary/aromatic N) is 3. The van der Waals surface area contributed by atoms with Gasteiger partial charge < -0.3 is 18.9 Å². The highest BCUT2D eigenvalue weighted by molar-refractivity contribution is 6.01. The second-order valence-corrected chi connectivity index (χ2v) is 9.80. The van der Waals surface area contributed by atoms with Gasteiger partial charge in [0.05, 0.1) is 24.8 Å². The lowest BCUT2D eigenvalue weighted by molar-refractivity contribution is 0.0500. The lowest BCUT2D eigenvalue weighted by Gasteiger charge is -2.21. The number of esters is 2. The highest BCUT2D eigenvalue weighted by atomic mass is 16.5. The molecule has 1 heterocycles. The minimum Gasteiger partial charge on any atom is -0.465 e. The third-order valence-corrected chi connectivity index (χ3v) is 6.67. The molecule has 2 aromatic carbocycles. The van der Waals surface area contributed by atoms with Crippen LogP contribution in [0.25, 0.3) is 11.4 Å². The lowest BCUT2D eigenvalue weighted by atomic mass is 10.0. The summed E-state index contributed by atoms with van der Waals surface area (Å²) < 4.78 is 12.3. The number of benzene rings is 2. The number of unbranched alkanes of at least 4 members (excludes halogenated alkanes) is 3. The fourth-order valence-electron chi connectivity index (χ4n) is 4.35. The highest BCUT2D eigenvalue weighted by Crippen LogP contribution is 2.27. The number of carbonyl (C=O) groups is 3. The van der Waals surface area contributed by atoms with Gasteiger partial charge in [0, 0.05) is 31.4 Å². The van der Waals surface area contributed by atoms with Gasteiger partial charge in [-0.05, 0) is 43.0 Å². The Balaban J connectivity index is 2.12. The van der Waals surface area contributed by atoms with Gasteiger partial charge in [-0.2, -0.15) is 0 Å². The van der Waals surface area contributed by atoms with Crippen LogP contribution in [0.2, 0.25) is 0 Å². The van der Waals surface area contributed by atoms with E-state index in [9.17, 15) is 14.4 Å². The maximum Gasteiger partial charge on any atom is 0.338 e. The van der Waals surface area contributed by atoms with E-state index in [4.69, 9.17) is 14.5 Å². The summed E-state index contributed by atoms with van der Waals surface area (Å²) in [5.74, 6) is -0.783. The maximum absolute atomic E-state index is 13.7. The molecule has 214 valence electrons. The first-order valence-corrected chi connectivity index (χ1v) is 14.2. The molecule has 1 amide bonds. The Labute approximate surface area is 237 Å². The first kappa shape index (κ1) is 30.6. The van der Waals surface area contributed by atoms with E-state index in [1.807, 2.05) is 46.7 Å². The molecule has 0 aliphatic rings. The monoisotopic (exact) mass is 547 g/mol. The van der Waals surface area contributed by atoms with E-state index < -0.39 is 11.9 Å². The van der Waals surface area contributed by atoms with Crippen LogP contribution in [0.15, 0.2) is 54.7 Å². The fourth-order valence-corrected chi connectivity index (χ4v) is 4.35. The van der Waals surface area contributed by atoms with Crippen molar-refractivity contribution in [1.29, 1.82) is 0 Å². The van der Waals surface area contributed by atoms with Crippen molar-refractivity contribution >= 4 is 17.8 Å². The lowest BCUT2D eigenvalue weighted by Crippen LogP contribution is -2.33. The van der Waals surface area contributed by atoms with E-state index in [1.165, 1.54) is 13.2 Å². The van der Waals surface area contributed by atoms with Gasteiger partial charge in [0.25, 0.3) is 5.91 Å². The molecule has 0 aliphatic carbocycles. The van der Waals surface area contributed by atoms with E-state index >= 15 is 0 Å². The van der Waals surface area contributed by atoms with Crippen molar-refractivity contribution in [2.45, 2.75) is 65.8 Å². The molecule has 0 atom stereocenters. The number of carbonyl (C=O) groups excluding carboxylic acids is 3. The third-order valence-electron chi connectivity index (χ3n) is 6.67. The van der Waals surface area contributed by atoms with Crippen LogP contribution in [0.5, 0.6) is 0 Å². The smallest absolute Gasteiger partial charge is 0.338 e. The predicted molar refractivity (Wildman–Crippen MR) is 155 cm³/mol. The van der Waals surface area contributed by atoms with Crippen LogP contribution in [0.4, 0.5) is 0 Å². The van der Waals surface area contributed by atoms with E-state index in [0.29, 0.717) is 36.7 Å². The zero-order valence-corrected chi connectivity index (χ0v) is 24.2. The van der Waals surface area contributed by atoms with Gasteiger partial charge in [-0.1, -0.05) is 70.4 Å². The molecule has 0 bridgehead atoms. The van der Waals surface area contributed by atoms with Crippen molar-refractivity contribution in [2.75, 3.05) is 26.8 Å². The van der Waals surface area contributed by atoms with E-state index in [0.717, 1.165) is 44.1 Å². The quantitative estimate of drug-likeness (QED) is 0.162. The molecule has 0 spiro atoms. The van der Waals surface area contributed by atoms with Crippen LogP contribution in [-0.2, 0) is 16.0 Å². The molecule has 8 nitrogen and oxygen atoms in total. The SMILES string of the molecule is CCCCOC(=O)c1cc(C(=O)OC)ccc1-c1nc(C(=O)N(CCCC)CCCC)cn1Cc1ccccc1. The Hall–Kier alpha value is -3.94. The molecule has 0 fully saturated rings. The third kappa shape index (κ3) is 8.04. The van der Waals surface area contributed by atoms with Crippen LogP contribution in [0.1, 0.15) is 96.1 Å². The normalized spacial score (nSPS) is 10.8. The molecule has 0 saturated carbocycles. The highest BCUT2D eigenvalue weighted by Gasteiger charge is 2.25. The van der Waals surface area contributed by atoms with Crippen molar-refractivity contribution in [3.05, 3.63) is 77.1 Å². The topological polar surface area (TPSA) is 90.7 Å². The van der Waals surface area contributed by atoms with E-state index in [-0.39, 0.29) is 23.6 Å². The number of ether oxygens (including phenoxy) is 2. The van der Waals surface area contributed by atoms with Gasteiger partial charge in [0.15, 0.2) is 0 Å². The average Bonchev–Trinajstić information content (AvgIpc) is 3.40. The molecule has 0 N–H and O–H groups in total. The number of aromatic nitrogens is 2. The van der Waals surface area contributed by atoms with Gasteiger partial charge in [-0.25, -0.2) is 14.6 Å². The largest absolute Gasteiger partial charge is 0.465 e. The summed E-state index contributed by atoms with van der Waals surface area (Å²) >= 11 is 0. The first-order valence-electron chi connectivity index (χ1n) is 14.2. The van der Waals surface area contributed by atoms with Gasteiger partial charge in [-0.15, -0.1) is 0 Å². The number of methoxy groups -OCH3 is 1. The molecule has 3 rings (SSSR count). The molecular formula is C32H41N3O5. The zero-order chi connectivity index (χ0) is 28.9. The number of rotatable bonds is 15. The van der Waals surface area contributed by atoms with Crippen molar-refractivity contribution in [3.63, 3.8) is 0 Å². The van der Waals surface area contributed by atoms with Gasteiger partial charge >= 0.3 is 11.9 Å². The van der Waals surface area contributed by atoms with Crippen molar-refractivity contribution in [3.8, 4) is 11.4 Å². The minimum atomic E-state index is -0.555. The van der Waals surface area contributed by atoms with Crippen molar-refractivity contribution < 1.29 is 23.9 Å². The molecular weight excluding hydrogens is 506 g/mol. The Kier molecular flexibility index (Phi) is 11.9. The molecule has 0 radical (unpaired) electrons. The zero-order valence-electron chi connectivity index (χ0n) is 24.2. The van der Waals surface area contributed by atoms with Crippen LogP contribution < -0.4 is 0 Å². The van der Waals surface area contributed by atoms with Crippen LogP contribution in [0.3, 0.4) is 0 Å². The summed E-state index contributed by atoms with van der Waals surface area (Å²) in [5.41, 5.74) is 2.26. The molecule has 0 unspecified atom stereocenters. The molecule has 0 saturated heterocycles. The van der Waals surface area contributed by atoms with Crippen molar-refractivity contribution in [2.24, 2.45) is 0 Å². The minimum absolute atomic E-state index is 0.131. The predicted octanol–water partition coefficient (Wildman–Crippen LogP) is 6.38. The number of amides is 1. The summed E-state index contributed by atoms with van der Waals surface area (Å²) in [6.07, 6.45) is 7.16. The summed E-state index contributed by atoms with van der Waals surface area (Å²) in [6.45, 7) is 8.27. The Morgan fingerprint density at radius 3 is 2.17 bits per heavy atom. The second kappa shape index (κ2) is 15.6. The standard InChI is InChI=1S/C32H41N3O5/c1-5-8-18-34(19-9-6-2)30(36)28-23-35(22-24-14-12-11-13-15-24)29(33-28)26-17-16-25(31(37)39-4)21-27(26)32(38)40-20-10-7-3/h11-17,21,23H,5-10,18-20,22H2,1-4H3. The van der Waals surface area contributed by atoms with Gasteiger partial charge in [0.1, 0.15) is 11.5 Å². The summed E-state index contributed by atoms with van der Waals surface area (Å²) in [5, 5.41) is 0. The van der Waals surface area contributed by atoms with E-state index in [2.05, 4.69) is 13.8 Å². The Morgan fingerprint density at radius 2 is 1.55 bits per heavy atom. The van der Waals surface area contributed by atoms with Crippen LogP contribution >= 0.6 is 0 Å². The molecule has 0 aliphatic heterocycles. The fraction of sp³-hybridized carbons (Fsp3) is 0.438. The number of hydrogen-bond acceptors (Lipinski definition) is 6. The number of hydrogen-bond donors (Lipinski definition) is 0. The van der Waals surface area contributed by atoms with E-state index in [1.54, 1.807) is 18.3 Å². The van der Waals surface area contributed by atoms with Crippen LogP contribution in [-0.4, -0.2) is 59.1 Å². The second-order valence-electron chi connectivity index (χ2n) is 9.80. The summed E-state index contributed by atoms with van der Waals surface area (Å²) in [4.78, 5) is 45.9. The van der Waals surface area contributed by atoms with Crippen LogP contribution in [0, 0.1) is 0 Å². The molecule has 1 aromatic heterocycles. The first-order chi connectivity index (χ1) is 19.4. The molecule has 40 heavy (non-hydrogen) atoms. The Bertz CT molecular complexity index is 1260. The Morgan fingerprint density at radius 1 is 0.875 bits per heavy atom. The number of imidazole rings is 1. The van der Waals surface area contributed by atoms with Gasteiger partial charge in [-0.3, -0.25) is 4.79 Å². The summed E-state index contributed by atoms with van der Waals surface area (Å²) in [7, 11) is 1.29.